The fraction of sp³-hybridized carbons (Fsp3) is 0.562. The van der Waals surface area contributed by atoms with Gasteiger partial charge in [-0.25, -0.2) is 0 Å². The minimum atomic E-state index is -0.696. The second kappa shape index (κ2) is 7.82. The number of carboxylic acids is 1. The second-order valence-corrected chi connectivity index (χ2v) is 5.22. The van der Waals surface area contributed by atoms with Crippen LogP contribution in [0.2, 0.25) is 0 Å². The quantitative estimate of drug-likeness (QED) is 0.777. The van der Waals surface area contributed by atoms with Crippen molar-refractivity contribution in [1.29, 1.82) is 0 Å². The van der Waals surface area contributed by atoms with Crippen LogP contribution in [0.15, 0.2) is 24.3 Å². The van der Waals surface area contributed by atoms with E-state index in [9.17, 15) is 9.90 Å². The molecule has 0 saturated heterocycles. The van der Waals surface area contributed by atoms with Crippen molar-refractivity contribution < 1.29 is 14.6 Å². The van der Waals surface area contributed by atoms with Crippen molar-refractivity contribution in [3.8, 4) is 5.75 Å². The molecule has 3 nitrogen and oxygen atoms in total. The fourth-order valence-corrected chi connectivity index (χ4v) is 2.41. The first kappa shape index (κ1) is 15.5. The number of benzene rings is 1. The van der Waals surface area contributed by atoms with Crippen molar-refractivity contribution in [3.05, 3.63) is 29.8 Å². The summed E-state index contributed by atoms with van der Waals surface area (Å²) >= 11 is 0. The molecule has 1 aromatic rings. The fourth-order valence-electron chi connectivity index (χ4n) is 2.41. The van der Waals surface area contributed by atoms with Gasteiger partial charge >= 0.3 is 5.97 Å². The van der Waals surface area contributed by atoms with Gasteiger partial charge in [-0.05, 0) is 36.5 Å². The van der Waals surface area contributed by atoms with Gasteiger partial charge in [0.1, 0.15) is 5.75 Å². The Morgan fingerprint density at radius 2 is 1.95 bits per heavy atom. The lowest BCUT2D eigenvalue weighted by molar-refractivity contribution is -0.142. The lowest BCUT2D eigenvalue weighted by Crippen LogP contribution is -2.19. The van der Waals surface area contributed by atoms with E-state index in [4.69, 9.17) is 4.74 Å². The summed E-state index contributed by atoms with van der Waals surface area (Å²) in [7, 11) is 1.63. The molecule has 1 aromatic carbocycles. The van der Waals surface area contributed by atoms with E-state index in [2.05, 4.69) is 13.8 Å². The zero-order valence-corrected chi connectivity index (χ0v) is 12.1. The molecule has 0 aromatic heterocycles. The van der Waals surface area contributed by atoms with Crippen LogP contribution in [-0.4, -0.2) is 18.2 Å². The molecule has 2 unspecified atom stereocenters. The van der Waals surface area contributed by atoms with Gasteiger partial charge in [0.05, 0.1) is 13.0 Å². The summed E-state index contributed by atoms with van der Waals surface area (Å²) in [6, 6.07) is 7.64. The number of rotatable bonds is 8. The van der Waals surface area contributed by atoms with Crippen LogP contribution in [0.3, 0.4) is 0 Å². The lowest BCUT2D eigenvalue weighted by Gasteiger charge is -2.17. The van der Waals surface area contributed by atoms with Crippen molar-refractivity contribution in [1.82, 2.24) is 0 Å². The lowest BCUT2D eigenvalue weighted by atomic mass is 9.88. The van der Waals surface area contributed by atoms with Crippen LogP contribution >= 0.6 is 0 Å². The molecule has 2 atom stereocenters. The van der Waals surface area contributed by atoms with Crippen molar-refractivity contribution in [2.24, 2.45) is 11.8 Å². The van der Waals surface area contributed by atoms with Gasteiger partial charge in [-0.1, -0.05) is 38.8 Å². The van der Waals surface area contributed by atoms with Crippen LogP contribution in [0, 0.1) is 11.8 Å². The Hall–Kier alpha value is -1.51. The molecule has 106 valence electrons. The highest BCUT2D eigenvalue weighted by Gasteiger charge is 2.20. The SMILES string of the molecule is CCCC(C)CC(Cc1ccc(OC)cc1)C(=O)O. The second-order valence-electron chi connectivity index (χ2n) is 5.22. The van der Waals surface area contributed by atoms with Gasteiger partial charge in [0.25, 0.3) is 0 Å². The molecule has 0 aliphatic carbocycles. The Balaban J connectivity index is 2.64. The van der Waals surface area contributed by atoms with E-state index >= 15 is 0 Å². The van der Waals surface area contributed by atoms with Gasteiger partial charge in [0.15, 0.2) is 0 Å². The van der Waals surface area contributed by atoms with Gasteiger partial charge in [-0.15, -0.1) is 0 Å². The average Bonchev–Trinajstić information content (AvgIpc) is 2.39. The summed E-state index contributed by atoms with van der Waals surface area (Å²) in [6.07, 6.45) is 3.53. The molecular formula is C16H24O3. The average molecular weight is 264 g/mol. The highest BCUT2D eigenvalue weighted by molar-refractivity contribution is 5.70. The molecule has 0 fully saturated rings. The van der Waals surface area contributed by atoms with Crippen LogP contribution in [0.4, 0.5) is 0 Å². The molecule has 19 heavy (non-hydrogen) atoms. The molecule has 1 rings (SSSR count). The maximum absolute atomic E-state index is 11.3. The topological polar surface area (TPSA) is 46.5 Å². The van der Waals surface area contributed by atoms with E-state index in [1.165, 1.54) is 0 Å². The normalized spacial score (nSPS) is 13.8. The summed E-state index contributed by atoms with van der Waals surface area (Å²) in [6.45, 7) is 4.27. The highest BCUT2D eigenvalue weighted by atomic mass is 16.5. The van der Waals surface area contributed by atoms with Crippen molar-refractivity contribution in [2.75, 3.05) is 7.11 Å². The molecule has 0 heterocycles. The molecule has 0 spiro atoms. The minimum Gasteiger partial charge on any atom is -0.497 e. The summed E-state index contributed by atoms with van der Waals surface area (Å²) in [5.74, 6) is 0.271. The molecule has 3 heteroatoms. The number of carbonyl (C=O) groups is 1. The summed E-state index contributed by atoms with van der Waals surface area (Å²) < 4.78 is 5.10. The Morgan fingerprint density at radius 1 is 1.32 bits per heavy atom. The molecule has 0 aliphatic rings. The third-order valence-electron chi connectivity index (χ3n) is 3.46. The van der Waals surface area contributed by atoms with Crippen molar-refractivity contribution in [3.63, 3.8) is 0 Å². The standard InChI is InChI=1S/C16H24O3/c1-4-5-12(2)10-14(16(17)18)11-13-6-8-15(19-3)9-7-13/h6-9,12,14H,4-5,10-11H2,1-3H3,(H,17,18). The van der Waals surface area contributed by atoms with Gasteiger partial charge in [-0.2, -0.15) is 0 Å². The maximum atomic E-state index is 11.3. The van der Waals surface area contributed by atoms with Gasteiger partial charge < -0.3 is 9.84 Å². The van der Waals surface area contributed by atoms with Crippen LogP contribution < -0.4 is 4.74 Å². The van der Waals surface area contributed by atoms with E-state index < -0.39 is 5.97 Å². The number of aliphatic carboxylic acids is 1. The highest BCUT2D eigenvalue weighted by Crippen LogP contribution is 2.22. The number of ether oxygens (including phenoxy) is 1. The predicted octanol–water partition coefficient (Wildman–Crippen LogP) is 3.76. The zero-order valence-electron chi connectivity index (χ0n) is 12.1. The Kier molecular flexibility index (Phi) is 6.40. The third kappa shape index (κ3) is 5.33. The van der Waals surface area contributed by atoms with Crippen LogP contribution in [-0.2, 0) is 11.2 Å². The van der Waals surface area contributed by atoms with Crippen LogP contribution in [0.1, 0.15) is 38.7 Å². The number of carboxylic acid groups (broad SMARTS) is 1. The Labute approximate surface area is 115 Å². The van der Waals surface area contributed by atoms with Crippen LogP contribution in [0.5, 0.6) is 5.75 Å². The predicted molar refractivity (Wildman–Crippen MR) is 76.5 cm³/mol. The molecule has 1 N–H and O–H groups in total. The maximum Gasteiger partial charge on any atom is 0.306 e. The summed E-state index contributed by atoms with van der Waals surface area (Å²) in [4.78, 5) is 11.3. The first-order valence-electron chi connectivity index (χ1n) is 6.92. The Morgan fingerprint density at radius 3 is 2.42 bits per heavy atom. The van der Waals surface area contributed by atoms with E-state index in [0.29, 0.717) is 12.3 Å². The van der Waals surface area contributed by atoms with Gasteiger partial charge in [0, 0.05) is 0 Å². The number of hydrogen-bond acceptors (Lipinski definition) is 2. The Bertz CT molecular complexity index is 383. The summed E-state index contributed by atoms with van der Waals surface area (Å²) in [5.41, 5.74) is 1.05. The molecule has 0 amide bonds. The first-order valence-corrected chi connectivity index (χ1v) is 6.92. The van der Waals surface area contributed by atoms with Gasteiger partial charge in [0.2, 0.25) is 0 Å². The van der Waals surface area contributed by atoms with E-state index in [-0.39, 0.29) is 5.92 Å². The molecule has 0 radical (unpaired) electrons. The monoisotopic (exact) mass is 264 g/mol. The van der Waals surface area contributed by atoms with Gasteiger partial charge in [-0.3, -0.25) is 4.79 Å². The minimum absolute atomic E-state index is 0.296. The molecule has 0 bridgehead atoms. The largest absolute Gasteiger partial charge is 0.497 e. The summed E-state index contributed by atoms with van der Waals surface area (Å²) in [5, 5.41) is 9.33. The van der Waals surface area contributed by atoms with E-state index in [0.717, 1.165) is 30.6 Å². The molecule has 0 aliphatic heterocycles. The molecular weight excluding hydrogens is 240 g/mol. The van der Waals surface area contributed by atoms with Crippen molar-refractivity contribution >= 4 is 5.97 Å². The third-order valence-corrected chi connectivity index (χ3v) is 3.46. The number of hydrogen-bond donors (Lipinski definition) is 1. The zero-order chi connectivity index (χ0) is 14.3. The molecule has 0 saturated carbocycles. The smallest absolute Gasteiger partial charge is 0.306 e. The number of methoxy groups -OCH3 is 1. The van der Waals surface area contributed by atoms with Crippen molar-refractivity contribution in [2.45, 2.75) is 39.5 Å². The van der Waals surface area contributed by atoms with E-state index in [1.54, 1.807) is 7.11 Å². The van der Waals surface area contributed by atoms with Crippen LogP contribution in [0.25, 0.3) is 0 Å². The first-order chi connectivity index (χ1) is 9.06. The van der Waals surface area contributed by atoms with E-state index in [1.807, 2.05) is 24.3 Å².